The van der Waals surface area contributed by atoms with Gasteiger partial charge in [-0.2, -0.15) is 28.2 Å². The second kappa shape index (κ2) is 13.0. The summed E-state index contributed by atoms with van der Waals surface area (Å²) in [5.74, 6) is -2.68. The first kappa shape index (κ1) is 30.7. The van der Waals surface area contributed by atoms with Crippen molar-refractivity contribution in [2.24, 2.45) is 5.10 Å². The average molecular weight is 608 g/mol. The molecule has 0 atom stereocenters. The van der Waals surface area contributed by atoms with Crippen molar-refractivity contribution < 1.29 is 40.6 Å². The molecule has 0 bridgehead atoms. The molecule has 0 saturated heterocycles. The zero-order chi connectivity index (χ0) is 30.2. The first-order chi connectivity index (χ1) is 19.4. The van der Waals surface area contributed by atoms with Crippen LogP contribution in [-0.4, -0.2) is 70.5 Å². The smallest absolute Gasteiger partial charge is 0.339 e. The van der Waals surface area contributed by atoms with Crippen molar-refractivity contribution in [3.63, 3.8) is 0 Å². The van der Waals surface area contributed by atoms with Crippen LogP contribution in [0.25, 0.3) is 0 Å². The third kappa shape index (κ3) is 7.63. The molecule has 18 heteroatoms. The number of carbonyl (C=O) groups excluding carboxylic acids is 2. The molecule has 0 aliphatic rings. The Morgan fingerprint density at radius 2 is 1.44 bits per heavy atom. The third-order valence-corrected chi connectivity index (χ3v) is 7.57. The molecule has 3 rings (SSSR count). The van der Waals surface area contributed by atoms with Crippen molar-refractivity contribution in [3.05, 3.63) is 65.5 Å². The molecule has 3 aromatic rings. The van der Waals surface area contributed by atoms with Gasteiger partial charge in [-0.3, -0.25) is 5.32 Å². The van der Waals surface area contributed by atoms with Gasteiger partial charge < -0.3 is 14.2 Å². The molecule has 0 aliphatic carbocycles. The number of rotatable bonds is 10. The SMILES string of the molecule is CCOC(=O)c1ccccc1S(=O)(=O)NC(=NNS(=O)(=O)c1ccccc1C(=O)OC)Nc1nc(C)nc(OC)n1. The summed E-state index contributed by atoms with van der Waals surface area (Å²) in [6, 6.07) is 10.2. The number of esters is 2. The highest BCUT2D eigenvalue weighted by Gasteiger charge is 2.26. The van der Waals surface area contributed by atoms with Crippen molar-refractivity contribution in [3.8, 4) is 6.01 Å². The van der Waals surface area contributed by atoms with Crippen LogP contribution in [0.15, 0.2) is 63.4 Å². The van der Waals surface area contributed by atoms with Crippen LogP contribution in [0.3, 0.4) is 0 Å². The number of hydrogen-bond donors (Lipinski definition) is 3. The van der Waals surface area contributed by atoms with Gasteiger partial charge in [-0.15, -0.1) is 5.10 Å². The molecular weight excluding hydrogens is 582 g/mol. The molecule has 0 unspecified atom stereocenters. The fourth-order valence-corrected chi connectivity index (χ4v) is 5.35. The topological polar surface area (TPSA) is 217 Å². The van der Waals surface area contributed by atoms with Crippen LogP contribution in [0.4, 0.5) is 5.95 Å². The molecule has 3 N–H and O–H groups in total. The predicted octanol–water partition coefficient (Wildman–Crippen LogP) is 0.792. The van der Waals surface area contributed by atoms with Crippen molar-refractivity contribution in [2.75, 3.05) is 26.1 Å². The Kier molecular flexibility index (Phi) is 9.74. The number of ether oxygens (including phenoxy) is 3. The van der Waals surface area contributed by atoms with E-state index in [2.05, 4.69) is 34.8 Å². The lowest BCUT2D eigenvalue weighted by molar-refractivity contribution is 0.0520. The van der Waals surface area contributed by atoms with Gasteiger partial charge in [0.2, 0.25) is 11.9 Å². The van der Waals surface area contributed by atoms with Gasteiger partial charge >= 0.3 is 17.9 Å². The van der Waals surface area contributed by atoms with E-state index in [1.54, 1.807) is 6.92 Å². The Bertz CT molecular complexity index is 1690. The molecule has 0 aliphatic heterocycles. The van der Waals surface area contributed by atoms with Crippen LogP contribution < -0.4 is 19.6 Å². The highest BCUT2D eigenvalue weighted by Crippen LogP contribution is 2.18. The van der Waals surface area contributed by atoms with E-state index in [0.717, 1.165) is 19.2 Å². The second-order valence-corrected chi connectivity index (χ2v) is 11.0. The van der Waals surface area contributed by atoms with Crippen LogP contribution in [-0.2, 0) is 29.5 Å². The van der Waals surface area contributed by atoms with Gasteiger partial charge in [-0.05, 0) is 38.1 Å². The monoisotopic (exact) mass is 607 g/mol. The molecule has 0 saturated carbocycles. The number of guanidine groups is 1. The Morgan fingerprint density at radius 1 is 0.854 bits per heavy atom. The lowest BCUT2D eigenvalue weighted by atomic mass is 10.2. The van der Waals surface area contributed by atoms with E-state index < -0.39 is 47.7 Å². The summed E-state index contributed by atoms with van der Waals surface area (Å²) < 4.78 is 69.5. The van der Waals surface area contributed by atoms with E-state index in [0.29, 0.717) is 0 Å². The van der Waals surface area contributed by atoms with E-state index in [4.69, 9.17) is 9.47 Å². The van der Waals surface area contributed by atoms with Crippen LogP contribution >= 0.6 is 0 Å². The highest BCUT2D eigenvalue weighted by molar-refractivity contribution is 7.90. The predicted molar refractivity (Wildman–Crippen MR) is 143 cm³/mol. The molecule has 2 aromatic carbocycles. The summed E-state index contributed by atoms with van der Waals surface area (Å²) in [7, 11) is -6.82. The summed E-state index contributed by atoms with van der Waals surface area (Å²) in [4.78, 5) is 37.2. The molecule has 16 nitrogen and oxygen atoms in total. The minimum atomic E-state index is -4.61. The summed E-state index contributed by atoms with van der Waals surface area (Å²) >= 11 is 0. The Balaban J connectivity index is 2.07. The maximum atomic E-state index is 13.4. The highest BCUT2D eigenvalue weighted by atomic mass is 32.2. The molecule has 218 valence electrons. The quantitative estimate of drug-likeness (QED) is 0.126. The van der Waals surface area contributed by atoms with E-state index in [1.165, 1.54) is 50.4 Å². The molecule has 1 aromatic heterocycles. The van der Waals surface area contributed by atoms with Crippen LogP contribution in [0.2, 0.25) is 0 Å². The number of methoxy groups -OCH3 is 2. The van der Waals surface area contributed by atoms with Crippen LogP contribution in [0.1, 0.15) is 33.5 Å². The Labute approximate surface area is 235 Å². The summed E-state index contributed by atoms with van der Waals surface area (Å²) in [6.45, 7) is 3.04. The van der Waals surface area contributed by atoms with Crippen molar-refractivity contribution in [1.29, 1.82) is 0 Å². The fraction of sp³-hybridized carbons (Fsp3) is 0.217. The van der Waals surface area contributed by atoms with E-state index in [-0.39, 0.29) is 35.5 Å². The minimum absolute atomic E-state index is 0.00962. The maximum Gasteiger partial charge on any atom is 0.339 e. The van der Waals surface area contributed by atoms with E-state index in [9.17, 15) is 26.4 Å². The molecule has 0 fully saturated rings. The first-order valence-electron chi connectivity index (χ1n) is 11.5. The van der Waals surface area contributed by atoms with Crippen LogP contribution in [0.5, 0.6) is 6.01 Å². The van der Waals surface area contributed by atoms with Crippen molar-refractivity contribution in [1.82, 2.24) is 24.5 Å². The number of nitrogens with zero attached hydrogens (tertiary/aromatic N) is 4. The van der Waals surface area contributed by atoms with E-state index >= 15 is 0 Å². The zero-order valence-electron chi connectivity index (χ0n) is 22.1. The number of aryl methyl sites for hydroxylation is 1. The van der Waals surface area contributed by atoms with Gasteiger partial charge in [-0.1, -0.05) is 24.3 Å². The first-order valence-corrected chi connectivity index (χ1v) is 14.5. The third-order valence-electron chi connectivity index (χ3n) is 4.90. The zero-order valence-corrected chi connectivity index (χ0v) is 23.7. The number of nitrogens with one attached hydrogen (secondary N) is 3. The molecule has 0 radical (unpaired) electrons. The van der Waals surface area contributed by atoms with Crippen molar-refractivity contribution in [2.45, 2.75) is 23.6 Å². The van der Waals surface area contributed by atoms with E-state index in [1.807, 2.05) is 4.83 Å². The largest absolute Gasteiger partial charge is 0.467 e. The Morgan fingerprint density at radius 3 is 2.02 bits per heavy atom. The number of carbonyl (C=O) groups is 2. The van der Waals surface area contributed by atoms with Gasteiger partial charge in [0.1, 0.15) is 15.6 Å². The van der Waals surface area contributed by atoms with Crippen molar-refractivity contribution >= 4 is 43.9 Å². The molecule has 41 heavy (non-hydrogen) atoms. The number of hydrogen-bond acceptors (Lipinski definition) is 13. The molecule has 1 heterocycles. The molecular formula is C23H25N7O9S2. The summed E-state index contributed by atoms with van der Waals surface area (Å²) in [5.41, 5.74) is -0.583. The summed E-state index contributed by atoms with van der Waals surface area (Å²) in [6.07, 6.45) is 0. The lowest BCUT2D eigenvalue weighted by Crippen LogP contribution is -2.39. The number of aromatic nitrogens is 3. The number of benzene rings is 2. The standard InChI is InChI=1S/C23H25N7O9S2/c1-5-39-20(32)16-11-7-8-12-17(16)40(33,34)29-22(26-21-24-14(2)25-23(27-21)38-4)28-30-41(35,36)18-13-9-6-10-15(18)19(31)37-3/h6-13,30H,5H2,1-4H3,(H2,24,25,26,27,28,29). The number of sulfonamides is 2. The molecule has 0 spiro atoms. The van der Waals surface area contributed by atoms with Gasteiger partial charge in [0.05, 0.1) is 32.0 Å². The van der Waals surface area contributed by atoms with Gasteiger partial charge in [-0.25, -0.2) is 22.7 Å². The Hall–Kier alpha value is -4.84. The normalized spacial score (nSPS) is 11.8. The second-order valence-electron chi connectivity index (χ2n) is 7.68. The maximum absolute atomic E-state index is 13.4. The number of hydrazone groups is 1. The van der Waals surface area contributed by atoms with Gasteiger partial charge in [0.15, 0.2) is 0 Å². The summed E-state index contributed by atoms with van der Waals surface area (Å²) in [5, 5.41) is 6.12. The number of anilines is 1. The van der Waals surface area contributed by atoms with Gasteiger partial charge in [0, 0.05) is 0 Å². The molecule has 0 amide bonds. The minimum Gasteiger partial charge on any atom is -0.467 e. The average Bonchev–Trinajstić information content (AvgIpc) is 2.95. The van der Waals surface area contributed by atoms with Crippen LogP contribution in [0, 0.1) is 6.92 Å². The fourth-order valence-electron chi connectivity index (χ4n) is 3.18. The lowest BCUT2D eigenvalue weighted by Gasteiger charge is -2.15. The van der Waals surface area contributed by atoms with Gasteiger partial charge in [0.25, 0.3) is 20.0 Å².